The van der Waals surface area contributed by atoms with Crippen LogP contribution in [0.3, 0.4) is 0 Å². The van der Waals surface area contributed by atoms with Gasteiger partial charge in [0.1, 0.15) is 11.9 Å². The van der Waals surface area contributed by atoms with Crippen molar-refractivity contribution in [2.75, 3.05) is 12.0 Å². The molecule has 0 aromatic heterocycles. The molecule has 4 nitrogen and oxygen atoms in total. The van der Waals surface area contributed by atoms with Gasteiger partial charge in [-0.05, 0) is 30.6 Å². The quantitative estimate of drug-likeness (QED) is 0.757. The van der Waals surface area contributed by atoms with Crippen molar-refractivity contribution in [3.8, 4) is 0 Å². The van der Waals surface area contributed by atoms with Crippen LogP contribution in [0.4, 0.5) is 4.39 Å². The Kier molecular flexibility index (Phi) is 6.79. The molecule has 108 valence electrons. The summed E-state index contributed by atoms with van der Waals surface area (Å²) in [4.78, 5) is 22.6. The number of hydrogen-bond acceptors (Lipinski definition) is 3. The van der Waals surface area contributed by atoms with Crippen LogP contribution < -0.4 is 5.32 Å². The molecule has 0 unspecified atom stereocenters. The molecule has 0 saturated heterocycles. The molecular weight excluding hydrogens is 281 g/mol. The molecule has 0 bridgehead atoms. The van der Waals surface area contributed by atoms with Crippen molar-refractivity contribution in [2.24, 2.45) is 0 Å². The second-order valence-electron chi connectivity index (χ2n) is 4.04. The van der Waals surface area contributed by atoms with E-state index in [0.717, 1.165) is 6.08 Å². The highest BCUT2D eigenvalue weighted by Crippen LogP contribution is 2.08. The van der Waals surface area contributed by atoms with Crippen molar-refractivity contribution in [3.05, 3.63) is 41.7 Å². The molecule has 6 heteroatoms. The number of hydrogen-bond donors (Lipinski definition) is 2. The van der Waals surface area contributed by atoms with Crippen LogP contribution in [0.25, 0.3) is 6.08 Å². The lowest BCUT2D eigenvalue weighted by atomic mass is 10.2. The first-order chi connectivity index (χ1) is 9.54. The van der Waals surface area contributed by atoms with E-state index in [1.807, 2.05) is 6.26 Å². The van der Waals surface area contributed by atoms with Crippen LogP contribution in [-0.4, -0.2) is 35.0 Å². The average molecular weight is 297 g/mol. The SMILES string of the molecule is CSCC[C@H](NC(=O)C=Cc1ccccc1F)C(=O)O. The normalized spacial score (nSPS) is 12.3. The number of carbonyl (C=O) groups is 2. The van der Waals surface area contributed by atoms with Crippen molar-refractivity contribution in [2.45, 2.75) is 12.5 Å². The lowest BCUT2D eigenvalue weighted by Gasteiger charge is -2.12. The largest absolute Gasteiger partial charge is 0.480 e. The van der Waals surface area contributed by atoms with Crippen molar-refractivity contribution >= 4 is 29.7 Å². The van der Waals surface area contributed by atoms with Gasteiger partial charge in [0.15, 0.2) is 0 Å². The fraction of sp³-hybridized carbons (Fsp3) is 0.286. The van der Waals surface area contributed by atoms with Crippen LogP contribution in [-0.2, 0) is 9.59 Å². The fourth-order valence-corrected chi connectivity index (χ4v) is 1.96. The Balaban J connectivity index is 2.61. The number of benzene rings is 1. The summed E-state index contributed by atoms with van der Waals surface area (Å²) in [6.07, 6.45) is 4.65. The maximum atomic E-state index is 13.3. The molecule has 1 aromatic carbocycles. The first-order valence-electron chi connectivity index (χ1n) is 5.99. The standard InChI is InChI=1S/C14H16FNO3S/c1-20-9-8-12(14(18)19)16-13(17)7-6-10-4-2-3-5-11(10)15/h2-7,12H,8-9H2,1H3,(H,16,17)(H,18,19)/t12-/m0/s1. The third-order valence-electron chi connectivity index (χ3n) is 2.54. The van der Waals surface area contributed by atoms with Gasteiger partial charge in [-0.3, -0.25) is 4.79 Å². The second-order valence-corrected chi connectivity index (χ2v) is 5.02. The van der Waals surface area contributed by atoms with Crippen LogP contribution in [0.1, 0.15) is 12.0 Å². The predicted molar refractivity (Wildman–Crippen MR) is 78.0 cm³/mol. The number of amides is 1. The predicted octanol–water partition coefficient (Wildman–Crippen LogP) is 2.16. The Labute approximate surface area is 121 Å². The number of carbonyl (C=O) groups excluding carboxylic acids is 1. The van der Waals surface area contributed by atoms with E-state index in [1.165, 1.54) is 30.0 Å². The molecule has 0 aliphatic rings. The average Bonchev–Trinajstić information content (AvgIpc) is 2.42. The van der Waals surface area contributed by atoms with Crippen LogP contribution >= 0.6 is 11.8 Å². The van der Waals surface area contributed by atoms with Gasteiger partial charge in [-0.2, -0.15) is 11.8 Å². The molecule has 20 heavy (non-hydrogen) atoms. The Morgan fingerprint density at radius 3 is 2.75 bits per heavy atom. The van der Waals surface area contributed by atoms with E-state index in [9.17, 15) is 14.0 Å². The molecule has 0 spiro atoms. The lowest BCUT2D eigenvalue weighted by molar-refractivity contribution is -0.141. The molecule has 0 aliphatic carbocycles. The summed E-state index contributed by atoms with van der Waals surface area (Å²) in [5.41, 5.74) is 0.277. The Morgan fingerprint density at radius 2 is 2.15 bits per heavy atom. The number of aliphatic carboxylic acids is 1. The Bertz CT molecular complexity index is 505. The number of carboxylic acid groups (broad SMARTS) is 1. The summed E-state index contributed by atoms with van der Waals surface area (Å²) in [6, 6.07) is 5.09. The topological polar surface area (TPSA) is 66.4 Å². The van der Waals surface area contributed by atoms with Gasteiger partial charge in [0, 0.05) is 11.6 Å². The molecule has 1 rings (SSSR count). The number of nitrogens with one attached hydrogen (secondary N) is 1. The van der Waals surface area contributed by atoms with Crippen LogP contribution in [0.5, 0.6) is 0 Å². The molecule has 0 heterocycles. The van der Waals surface area contributed by atoms with Gasteiger partial charge < -0.3 is 10.4 Å². The van der Waals surface area contributed by atoms with E-state index in [1.54, 1.807) is 12.1 Å². The molecular formula is C14H16FNO3S. The smallest absolute Gasteiger partial charge is 0.326 e. The van der Waals surface area contributed by atoms with Crippen molar-refractivity contribution in [3.63, 3.8) is 0 Å². The number of halogens is 1. The molecule has 0 saturated carbocycles. The maximum Gasteiger partial charge on any atom is 0.326 e. The van der Waals surface area contributed by atoms with Crippen molar-refractivity contribution in [1.29, 1.82) is 0 Å². The second kappa shape index (κ2) is 8.37. The zero-order chi connectivity index (χ0) is 15.0. The number of rotatable bonds is 7. The summed E-state index contributed by atoms with van der Waals surface area (Å²) in [6.45, 7) is 0. The zero-order valence-corrected chi connectivity index (χ0v) is 11.8. The van der Waals surface area contributed by atoms with Gasteiger partial charge in [0.25, 0.3) is 0 Å². The van der Waals surface area contributed by atoms with E-state index >= 15 is 0 Å². The highest BCUT2D eigenvalue weighted by atomic mass is 32.2. The van der Waals surface area contributed by atoms with Crippen LogP contribution in [0, 0.1) is 5.82 Å². The molecule has 0 radical (unpaired) electrons. The van der Waals surface area contributed by atoms with Crippen molar-refractivity contribution < 1.29 is 19.1 Å². The fourth-order valence-electron chi connectivity index (χ4n) is 1.49. The zero-order valence-electron chi connectivity index (χ0n) is 11.0. The summed E-state index contributed by atoms with van der Waals surface area (Å²) in [7, 11) is 0. The maximum absolute atomic E-state index is 13.3. The third-order valence-corrected chi connectivity index (χ3v) is 3.19. The first kappa shape index (κ1) is 16.2. The summed E-state index contributed by atoms with van der Waals surface area (Å²) >= 11 is 1.50. The monoisotopic (exact) mass is 297 g/mol. The van der Waals surface area contributed by atoms with Crippen LogP contribution in [0.2, 0.25) is 0 Å². The Hall–Kier alpha value is -1.82. The molecule has 1 aromatic rings. The first-order valence-corrected chi connectivity index (χ1v) is 7.39. The molecule has 0 fully saturated rings. The van der Waals surface area contributed by atoms with Gasteiger partial charge in [-0.25, -0.2) is 9.18 Å². The van der Waals surface area contributed by atoms with E-state index in [0.29, 0.717) is 12.2 Å². The number of carboxylic acids is 1. The minimum Gasteiger partial charge on any atom is -0.480 e. The van der Waals surface area contributed by atoms with Crippen molar-refractivity contribution in [1.82, 2.24) is 5.32 Å². The summed E-state index contributed by atoms with van der Waals surface area (Å²) < 4.78 is 13.3. The highest BCUT2D eigenvalue weighted by molar-refractivity contribution is 7.98. The van der Waals surface area contributed by atoms with E-state index in [2.05, 4.69) is 5.32 Å². The minimum absolute atomic E-state index is 0.277. The van der Waals surface area contributed by atoms with Crippen LogP contribution in [0.15, 0.2) is 30.3 Å². The van der Waals surface area contributed by atoms with E-state index < -0.39 is 23.7 Å². The lowest BCUT2D eigenvalue weighted by Crippen LogP contribution is -2.40. The van der Waals surface area contributed by atoms with Gasteiger partial charge in [0.05, 0.1) is 0 Å². The highest BCUT2D eigenvalue weighted by Gasteiger charge is 2.17. The minimum atomic E-state index is -1.08. The third kappa shape index (κ3) is 5.44. The molecule has 2 N–H and O–H groups in total. The van der Waals surface area contributed by atoms with Gasteiger partial charge in [-0.15, -0.1) is 0 Å². The molecule has 1 amide bonds. The Morgan fingerprint density at radius 1 is 1.45 bits per heavy atom. The van der Waals surface area contributed by atoms with Gasteiger partial charge in [0.2, 0.25) is 5.91 Å². The van der Waals surface area contributed by atoms with E-state index in [4.69, 9.17) is 5.11 Å². The molecule has 1 atom stereocenters. The summed E-state index contributed by atoms with van der Waals surface area (Å²) in [5, 5.41) is 11.3. The van der Waals surface area contributed by atoms with Gasteiger partial charge in [-0.1, -0.05) is 18.2 Å². The molecule has 0 aliphatic heterocycles. The summed E-state index contributed by atoms with van der Waals surface area (Å²) in [5.74, 6) is -1.43. The van der Waals surface area contributed by atoms with E-state index in [-0.39, 0.29) is 5.56 Å². The van der Waals surface area contributed by atoms with Gasteiger partial charge >= 0.3 is 5.97 Å². The number of thioether (sulfide) groups is 1.